The molecule has 1 saturated heterocycles. The molecule has 2 heterocycles. The zero-order valence-corrected chi connectivity index (χ0v) is 22.5. The molecule has 0 spiro atoms. The van der Waals surface area contributed by atoms with Crippen LogP contribution in [0, 0.1) is 5.92 Å². The largest absolute Gasteiger partial charge is 0.368 e. The quantitative estimate of drug-likeness (QED) is 0.540. The van der Waals surface area contributed by atoms with Gasteiger partial charge in [-0.2, -0.15) is 0 Å². The Morgan fingerprint density at radius 1 is 0.944 bits per heavy atom. The Morgan fingerprint density at radius 2 is 1.69 bits per heavy atom. The number of aryl methyl sites for hydroxylation is 1. The number of anilines is 1. The zero-order valence-electron chi connectivity index (χ0n) is 21.7. The second-order valence-corrected chi connectivity index (χ2v) is 11.2. The van der Waals surface area contributed by atoms with E-state index in [0.29, 0.717) is 6.04 Å². The fourth-order valence-corrected chi connectivity index (χ4v) is 6.57. The van der Waals surface area contributed by atoms with Gasteiger partial charge in [-0.25, -0.2) is 4.79 Å². The van der Waals surface area contributed by atoms with Crippen LogP contribution in [0.25, 0.3) is 0 Å². The summed E-state index contributed by atoms with van der Waals surface area (Å²) in [6.07, 6.45) is 7.89. The van der Waals surface area contributed by atoms with Crippen LogP contribution in [0.1, 0.15) is 55.7 Å². The van der Waals surface area contributed by atoms with Crippen molar-refractivity contribution in [2.45, 2.75) is 64.5 Å². The number of carbonyl (C=O) groups excluding carboxylic acids is 1. The Morgan fingerprint density at radius 3 is 2.44 bits per heavy atom. The van der Waals surface area contributed by atoms with Gasteiger partial charge in [0.1, 0.15) is 0 Å². The molecule has 0 aromatic heterocycles. The monoisotopic (exact) mass is 508 g/mol. The molecule has 6 heteroatoms. The Balaban J connectivity index is 1.00. The molecule has 0 atom stereocenters. The maximum atomic E-state index is 12.9. The third-order valence-electron chi connectivity index (χ3n) is 8.60. The summed E-state index contributed by atoms with van der Waals surface area (Å²) in [6.45, 7) is 9.22. The number of hydrogen-bond acceptors (Lipinski definition) is 3. The molecule has 2 aliphatic heterocycles. The van der Waals surface area contributed by atoms with Gasteiger partial charge < -0.3 is 15.1 Å². The average Bonchev–Trinajstić information content (AvgIpc) is 2.93. The number of rotatable bonds is 6. The topological polar surface area (TPSA) is 38.8 Å². The van der Waals surface area contributed by atoms with Crippen LogP contribution in [0.5, 0.6) is 0 Å². The Labute approximate surface area is 221 Å². The highest BCUT2D eigenvalue weighted by atomic mass is 35.5. The molecule has 194 valence electrons. The minimum absolute atomic E-state index is 0.121. The summed E-state index contributed by atoms with van der Waals surface area (Å²) in [6, 6.07) is 15.4. The van der Waals surface area contributed by atoms with E-state index in [-0.39, 0.29) is 6.03 Å². The van der Waals surface area contributed by atoms with Crippen molar-refractivity contribution in [3.05, 3.63) is 64.2 Å². The molecule has 5 nitrogen and oxygen atoms in total. The highest BCUT2D eigenvalue weighted by Gasteiger charge is 2.27. The standard InChI is InChI=1S/C30H41ClN4O/c1-2-24-8-5-9-28(29(24)31)34-20-18-33(19-21-34)16-14-23-10-12-27(13-11-23)32-30(36)35-17-15-25-6-3-4-7-26(25)22-35/h3-9,23,27H,2,10-22H2,1H3,(H,32,36). The van der Waals surface area contributed by atoms with E-state index in [0.717, 1.165) is 75.9 Å². The molecule has 3 aliphatic rings. The number of nitrogens with zero attached hydrogens (tertiary/aromatic N) is 3. The lowest BCUT2D eigenvalue weighted by Crippen LogP contribution is -2.48. The summed E-state index contributed by atoms with van der Waals surface area (Å²) in [5, 5.41) is 4.27. The molecule has 0 radical (unpaired) electrons. The number of amides is 2. The van der Waals surface area contributed by atoms with Crippen LogP contribution >= 0.6 is 11.6 Å². The predicted molar refractivity (Wildman–Crippen MR) is 149 cm³/mol. The Hall–Kier alpha value is -2.24. The summed E-state index contributed by atoms with van der Waals surface area (Å²) in [5.74, 6) is 0.786. The molecule has 36 heavy (non-hydrogen) atoms. The van der Waals surface area contributed by atoms with E-state index < -0.39 is 0 Å². The second-order valence-electron chi connectivity index (χ2n) is 10.8. The zero-order chi connectivity index (χ0) is 24.9. The first-order valence-electron chi connectivity index (χ1n) is 14.0. The molecule has 0 bridgehead atoms. The number of fused-ring (bicyclic) bond motifs is 1. The minimum atomic E-state index is 0.121. The van der Waals surface area contributed by atoms with Crippen LogP contribution in [0.4, 0.5) is 10.5 Å². The molecule has 0 unspecified atom stereocenters. The van der Waals surface area contributed by atoms with Crippen LogP contribution in [0.15, 0.2) is 42.5 Å². The summed E-state index contributed by atoms with van der Waals surface area (Å²) in [5.41, 5.74) is 5.12. The van der Waals surface area contributed by atoms with E-state index in [1.165, 1.54) is 48.2 Å². The summed E-state index contributed by atoms with van der Waals surface area (Å²) in [4.78, 5) is 19.9. The highest BCUT2D eigenvalue weighted by molar-refractivity contribution is 6.34. The normalized spacial score (nSPS) is 22.8. The van der Waals surface area contributed by atoms with E-state index in [2.05, 4.69) is 64.5 Å². The SMILES string of the molecule is CCc1cccc(N2CCN(CCC3CCC(NC(=O)N4CCc5ccccc5C4)CC3)CC2)c1Cl. The lowest BCUT2D eigenvalue weighted by atomic mass is 9.84. The second kappa shape index (κ2) is 11.9. The fourth-order valence-electron chi connectivity index (χ4n) is 6.19. The number of hydrogen-bond donors (Lipinski definition) is 1. The third kappa shape index (κ3) is 6.00. The van der Waals surface area contributed by atoms with E-state index >= 15 is 0 Å². The smallest absolute Gasteiger partial charge is 0.317 e. The van der Waals surface area contributed by atoms with Crippen molar-refractivity contribution in [2.24, 2.45) is 5.92 Å². The van der Waals surface area contributed by atoms with Crippen molar-refractivity contribution < 1.29 is 4.79 Å². The Bertz CT molecular complexity index is 1030. The average molecular weight is 509 g/mol. The summed E-state index contributed by atoms with van der Waals surface area (Å²) in [7, 11) is 0. The number of carbonyl (C=O) groups is 1. The minimum Gasteiger partial charge on any atom is -0.368 e. The number of piperazine rings is 1. The maximum Gasteiger partial charge on any atom is 0.317 e. The molecule has 1 saturated carbocycles. The molecular weight excluding hydrogens is 468 g/mol. The number of urea groups is 1. The lowest BCUT2D eigenvalue weighted by Gasteiger charge is -2.38. The Kier molecular flexibility index (Phi) is 8.38. The van der Waals surface area contributed by atoms with Gasteiger partial charge in [0.2, 0.25) is 0 Å². The predicted octanol–water partition coefficient (Wildman–Crippen LogP) is 5.74. The summed E-state index contributed by atoms with van der Waals surface area (Å²) < 4.78 is 0. The first kappa shape index (κ1) is 25.4. The van der Waals surface area contributed by atoms with Crippen LogP contribution < -0.4 is 10.2 Å². The molecule has 5 rings (SSSR count). The van der Waals surface area contributed by atoms with Crippen molar-refractivity contribution in [3.8, 4) is 0 Å². The summed E-state index contributed by atoms with van der Waals surface area (Å²) >= 11 is 6.66. The maximum absolute atomic E-state index is 12.9. The lowest BCUT2D eigenvalue weighted by molar-refractivity contribution is 0.177. The van der Waals surface area contributed by atoms with Crippen molar-refractivity contribution in [3.63, 3.8) is 0 Å². The van der Waals surface area contributed by atoms with Crippen LogP contribution in [0.2, 0.25) is 5.02 Å². The van der Waals surface area contributed by atoms with Gasteiger partial charge >= 0.3 is 6.03 Å². The van der Waals surface area contributed by atoms with Gasteiger partial charge in [0.15, 0.2) is 0 Å². The van der Waals surface area contributed by atoms with E-state index in [1.54, 1.807) is 0 Å². The first-order valence-corrected chi connectivity index (χ1v) is 14.4. The molecule has 2 aromatic rings. The molecule has 2 fully saturated rings. The van der Waals surface area contributed by atoms with E-state index in [9.17, 15) is 4.79 Å². The van der Waals surface area contributed by atoms with Gasteiger partial charge in [-0.1, -0.05) is 54.9 Å². The van der Waals surface area contributed by atoms with E-state index in [1.807, 2.05) is 4.90 Å². The van der Waals surface area contributed by atoms with Gasteiger partial charge in [-0.15, -0.1) is 0 Å². The first-order chi connectivity index (χ1) is 17.6. The molecular formula is C30H41ClN4O. The fraction of sp³-hybridized carbons (Fsp3) is 0.567. The molecule has 1 aliphatic carbocycles. The van der Waals surface area contributed by atoms with Gasteiger partial charge in [0, 0.05) is 45.3 Å². The van der Waals surface area contributed by atoms with Crippen LogP contribution in [-0.2, 0) is 19.4 Å². The van der Waals surface area contributed by atoms with Crippen molar-refractivity contribution in [1.29, 1.82) is 0 Å². The van der Waals surface area contributed by atoms with Crippen molar-refractivity contribution in [2.75, 3.05) is 44.2 Å². The van der Waals surface area contributed by atoms with Crippen molar-refractivity contribution >= 4 is 23.3 Å². The van der Waals surface area contributed by atoms with E-state index in [4.69, 9.17) is 11.6 Å². The molecule has 1 N–H and O–H groups in total. The van der Waals surface area contributed by atoms with Gasteiger partial charge in [0.05, 0.1) is 10.7 Å². The van der Waals surface area contributed by atoms with Crippen LogP contribution in [-0.4, -0.2) is 61.1 Å². The number of halogens is 1. The van der Waals surface area contributed by atoms with Crippen molar-refractivity contribution in [1.82, 2.24) is 15.1 Å². The molecule has 2 aromatic carbocycles. The number of nitrogens with one attached hydrogen (secondary N) is 1. The number of benzene rings is 2. The highest BCUT2D eigenvalue weighted by Crippen LogP contribution is 2.31. The third-order valence-corrected chi connectivity index (χ3v) is 9.03. The van der Waals surface area contributed by atoms with Gasteiger partial charge in [-0.3, -0.25) is 4.90 Å². The molecule has 2 amide bonds. The van der Waals surface area contributed by atoms with Gasteiger partial charge in [0.25, 0.3) is 0 Å². The van der Waals surface area contributed by atoms with Crippen LogP contribution in [0.3, 0.4) is 0 Å². The van der Waals surface area contributed by atoms with Gasteiger partial charge in [-0.05, 0) is 80.2 Å².